The summed E-state index contributed by atoms with van der Waals surface area (Å²) in [7, 11) is 4.01. The fourth-order valence-electron chi connectivity index (χ4n) is 0.508. The van der Waals surface area contributed by atoms with Gasteiger partial charge in [-0.15, -0.1) is 5.92 Å². The van der Waals surface area contributed by atoms with Crippen molar-refractivity contribution < 1.29 is 0 Å². The standard InChI is InChI=1S/C10H15N/c1-4-5-6-7-8-9-10-11(2)3/h4,7,10H2,1-3H3. The molecule has 0 aliphatic rings. The van der Waals surface area contributed by atoms with Crippen molar-refractivity contribution in [2.75, 3.05) is 20.6 Å². The maximum absolute atomic E-state index is 3.02. The highest BCUT2D eigenvalue weighted by Crippen LogP contribution is 1.74. The molecule has 0 bridgehead atoms. The van der Waals surface area contributed by atoms with Crippen LogP contribution in [0.4, 0.5) is 0 Å². The van der Waals surface area contributed by atoms with E-state index in [9.17, 15) is 0 Å². The zero-order valence-electron chi connectivity index (χ0n) is 7.57. The fourth-order valence-corrected chi connectivity index (χ4v) is 0.508. The van der Waals surface area contributed by atoms with Crippen molar-refractivity contribution in [2.45, 2.75) is 19.8 Å². The van der Waals surface area contributed by atoms with E-state index in [0.717, 1.165) is 13.0 Å². The van der Waals surface area contributed by atoms with Crippen LogP contribution in [0.3, 0.4) is 0 Å². The van der Waals surface area contributed by atoms with Gasteiger partial charge in [0.2, 0.25) is 0 Å². The van der Waals surface area contributed by atoms with E-state index in [1.165, 1.54) is 0 Å². The minimum absolute atomic E-state index is 0.710. The largest absolute Gasteiger partial charge is 0.299 e. The summed E-state index contributed by atoms with van der Waals surface area (Å²) >= 11 is 0. The molecule has 0 aliphatic heterocycles. The molecule has 0 aromatic carbocycles. The molecule has 0 amide bonds. The summed E-state index contributed by atoms with van der Waals surface area (Å²) < 4.78 is 0. The first kappa shape index (κ1) is 10.1. The Balaban J connectivity index is 3.41. The van der Waals surface area contributed by atoms with Crippen molar-refractivity contribution in [1.29, 1.82) is 0 Å². The Labute approximate surface area is 69.8 Å². The van der Waals surface area contributed by atoms with Gasteiger partial charge in [-0.05, 0) is 14.1 Å². The second-order valence-corrected chi connectivity index (χ2v) is 2.48. The Morgan fingerprint density at radius 3 is 2.18 bits per heavy atom. The molecular weight excluding hydrogens is 134 g/mol. The molecule has 0 saturated heterocycles. The van der Waals surface area contributed by atoms with E-state index in [-0.39, 0.29) is 0 Å². The van der Waals surface area contributed by atoms with Crippen LogP contribution in [-0.2, 0) is 0 Å². The van der Waals surface area contributed by atoms with Crippen LogP contribution in [0.15, 0.2) is 0 Å². The molecule has 1 nitrogen and oxygen atoms in total. The predicted octanol–water partition coefficient (Wildman–Crippen LogP) is 1.35. The van der Waals surface area contributed by atoms with Crippen LogP contribution in [0.25, 0.3) is 0 Å². The Hall–Kier alpha value is -0.920. The first-order chi connectivity index (χ1) is 5.27. The van der Waals surface area contributed by atoms with E-state index >= 15 is 0 Å². The third-order valence-electron chi connectivity index (χ3n) is 0.999. The monoisotopic (exact) mass is 149 g/mol. The number of nitrogens with zero attached hydrogens (tertiary/aromatic N) is 1. The van der Waals surface area contributed by atoms with Crippen LogP contribution < -0.4 is 0 Å². The van der Waals surface area contributed by atoms with Crippen molar-refractivity contribution in [3.8, 4) is 23.7 Å². The second-order valence-electron chi connectivity index (χ2n) is 2.48. The lowest BCUT2D eigenvalue weighted by Crippen LogP contribution is -2.10. The highest BCUT2D eigenvalue weighted by Gasteiger charge is 1.78. The van der Waals surface area contributed by atoms with E-state index < -0.39 is 0 Å². The van der Waals surface area contributed by atoms with Gasteiger partial charge in [0.25, 0.3) is 0 Å². The predicted molar refractivity (Wildman–Crippen MR) is 49.0 cm³/mol. The van der Waals surface area contributed by atoms with E-state index in [1.54, 1.807) is 0 Å². The average molecular weight is 149 g/mol. The fraction of sp³-hybridized carbons (Fsp3) is 0.600. The maximum atomic E-state index is 3.02. The molecule has 0 heterocycles. The average Bonchev–Trinajstić information content (AvgIpc) is 1.96. The summed E-state index contributed by atoms with van der Waals surface area (Å²) in [6.45, 7) is 2.87. The molecule has 60 valence electrons. The van der Waals surface area contributed by atoms with Gasteiger partial charge in [0, 0.05) is 6.42 Å². The molecule has 0 rings (SSSR count). The zero-order valence-corrected chi connectivity index (χ0v) is 7.57. The number of hydrogen-bond acceptors (Lipinski definition) is 1. The summed E-state index contributed by atoms with van der Waals surface area (Å²) in [6.07, 6.45) is 1.64. The van der Waals surface area contributed by atoms with Gasteiger partial charge in [0.05, 0.1) is 13.0 Å². The highest BCUT2D eigenvalue weighted by molar-refractivity contribution is 5.11. The van der Waals surface area contributed by atoms with Gasteiger partial charge in [0.1, 0.15) is 0 Å². The van der Waals surface area contributed by atoms with E-state index in [4.69, 9.17) is 0 Å². The summed E-state index contributed by atoms with van der Waals surface area (Å²) in [5, 5.41) is 0. The molecule has 0 aromatic heterocycles. The third kappa shape index (κ3) is 9.08. The van der Waals surface area contributed by atoms with Crippen LogP contribution in [0.1, 0.15) is 19.8 Å². The molecule has 0 aromatic rings. The summed E-state index contributed by atoms with van der Waals surface area (Å²) in [4.78, 5) is 2.04. The summed E-state index contributed by atoms with van der Waals surface area (Å²) in [5.41, 5.74) is 0. The van der Waals surface area contributed by atoms with Crippen LogP contribution in [0.5, 0.6) is 0 Å². The van der Waals surface area contributed by atoms with E-state index in [1.807, 2.05) is 25.9 Å². The van der Waals surface area contributed by atoms with Crippen molar-refractivity contribution >= 4 is 0 Å². The van der Waals surface area contributed by atoms with Gasteiger partial charge in [0.15, 0.2) is 0 Å². The maximum Gasteiger partial charge on any atom is 0.0703 e. The number of rotatable bonds is 1. The third-order valence-corrected chi connectivity index (χ3v) is 0.999. The minimum Gasteiger partial charge on any atom is -0.299 e. The Morgan fingerprint density at radius 1 is 1.00 bits per heavy atom. The molecule has 0 fully saturated rings. The highest BCUT2D eigenvalue weighted by atomic mass is 15.0. The molecule has 0 saturated carbocycles. The van der Waals surface area contributed by atoms with Crippen molar-refractivity contribution in [3.05, 3.63) is 0 Å². The van der Waals surface area contributed by atoms with Gasteiger partial charge in [-0.2, -0.15) is 0 Å². The topological polar surface area (TPSA) is 3.24 Å². The van der Waals surface area contributed by atoms with E-state index in [0.29, 0.717) is 6.42 Å². The molecule has 0 atom stereocenters. The first-order valence-electron chi connectivity index (χ1n) is 3.83. The minimum atomic E-state index is 0.710. The molecule has 1 heteroatoms. The Kier molecular flexibility index (Phi) is 6.59. The van der Waals surface area contributed by atoms with Gasteiger partial charge >= 0.3 is 0 Å². The summed E-state index contributed by atoms with van der Waals surface area (Å²) in [6, 6.07) is 0. The SMILES string of the molecule is CCC#CCC#CCN(C)C. The lowest BCUT2D eigenvalue weighted by molar-refractivity contribution is 0.464. The molecular formula is C10H15N. The van der Waals surface area contributed by atoms with Crippen LogP contribution in [-0.4, -0.2) is 25.5 Å². The zero-order chi connectivity index (χ0) is 8.53. The van der Waals surface area contributed by atoms with Crippen molar-refractivity contribution in [3.63, 3.8) is 0 Å². The molecule has 0 aliphatic carbocycles. The molecule has 0 unspecified atom stereocenters. The van der Waals surface area contributed by atoms with Gasteiger partial charge in [-0.25, -0.2) is 0 Å². The molecule has 11 heavy (non-hydrogen) atoms. The lowest BCUT2D eigenvalue weighted by Gasteiger charge is -2.00. The van der Waals surface area contributed by atoms with Crippen LogP contribution >= 0.6 is 0 Å². The normalized spacial score (nSPS) is 8.00. The second kappa shape index (κ2) is 7.19. The molecule has 0 N–H and O–H groups in total. The van der Waals surface area contributed by atoms with Crippen molar-refractivity contribution in [2.24, 2.45) is 0 Å². The quantitative estimate of drug-likeness (QED) is 0.509. The molecule has 0 spiro atoms. The smallest absolute Gasteiger partial charge is 0.0703 e. The Morgan fingerprint density at radius 2 is 1.64 bits per heavy atom. The Bertz CT molecular complexity index is 194. The number of hydrogen-bond donors (Lipinski definition) is 0. The van der Waals surface area contributed by atoms with Gasteiger partial charge in [-0.3, -0.25) is 4.90 Å². The molecule has 0 radical (unpaired) electrons. The lowest BCUT2D eigenvalue weighted by atomic mass is 10.4. The van der Waals surface area contributed by atoms with Crippen LogP contribution in [0.2, 0.25) is 0 Å². The van der Waals surface area contributed by atoms with E-state index in [2.05, 4.69) is 23.7 Å². The van der Waals surface area contributed by atoms with Gasteiger partial charge in [-0.1, -0.05) is 24.7 Å². The van der Waals surface area contributed by atoms with Crippen LogP contribution in [0, 0.1) is 23.7 Å². The first-order valence-corrected chi connectivity index (χ1v) is 3.83. The summed E-state index contributed by atoms with van der Waals surface area (Å²) in [5.74, 6) is 11.9. The van der Waals surface area contributed by atoms with Gasteiger partial charge < -0.3 is 0 Å². The van der Waals surface area contributed by atoms with Crippen molar-refractivity contribution in [1.82, 2.24) is 4.90 Å².